The van der Waals surface area contributed by atoms with Gasteiger partial charge in [0.15, 0.2) is 0 Å². The highest BCUT2D eigenvalue weighted by Crippen LogP contribution is 2.43. The summed E-state index contributed by atoms with van der Waals surface area (Å²) in [4.78, 5) is 1.79. The van der Waals surface area contributed by atoms with Crippen LogP contribution in [-0.2, 0) is 4.74 Å². The summed E-state index contributed by atoms with van der Waals surface area (Å²) >= 11 is 0. The van der Waals surface area contributed by atoms with Gasteiger partial charge in [0.25, 0.3) is 0 Å². The number of hydrogen-bond acceptors (Lipinski definition) is 4. The van der Waals surface area contributed by atoms with E-state index in [9.17, 15) is 8.78 Å². The Morgan fingerprint density at radius 1 is 1.13 bits per heavy atom. The van der Waals surface area contributed by atoms with Crippen molar-refractivity contribution < 1.29 is 18.6 Å². The Labute approximate surface area is 183 Å². The van der Waals surface area contributed by atoms with Gasteiger partial charge in [-0.3, -0.25) is 0 Å². The molecule has 1 aliphatic heterocycles. The van der Waals surface area contributed by atoms with Crippen LogP contribution in [-0.4, -0.2) is 25.4 Å². The Bertz CT molecular complexity index is 955. The first-order chi connectivity index (χ1) is 14.9. The van der Waals surface area contributed by atoms with Gasteiger partial charge in [0.2, 0.25) is 0 Å². The summed E-state index contributed by atoms with van der Waals surface area (Å²) < 4.78 is 34.7. The van der Waals surface area contributed by atoms with Crippen molar-refractivity contribution in [2.75, 3.05) is 30.5 Å². The second-order valence-electron chi connectivity index (χ2n) is 7.01. The molecule has 6 heteroatoms. The lowest BCUT2D eigenvalue weighted by molar-refractivity contribution is 0.185. The zero-order chi connectivity index (χ0) is 23.0. The minimum atomic E-state index is -0.417. The first-order valence-electron chi connectivity index (χ1n) is 10.7. The summed E-state index contributed by atoms with van der Waals surface area (Å²) in [5.41, 5.74) is 3.77. The number of nitrogens with one attached hydrogen (secondary N) is 1. The molecule has 0 radical (unpaired) electrons. The number of aliphatic hydroxyl groups excluding tert-OH is 1. The quantitative estimate of drug-likeness (QED) is 0.491. The molecule has 168 valence electrons. The third-order valence-electron chi connectivity index (χ3n) is 4.67. The number of anilines is 3. The van der Waals surface area contributed by atoms with Crippen LogP contribution in [0.2, 0.25) is 0 Å². The minimum absolute atomic E-state index is 0.0389. The predicted octanol–water partition coefficient (Wildman–Crippen LogP) is 6.53. The Balaban J connectivity index is 0.00000166. The molecule has 0 fully saturated rings. The van der Waals surface area contributed by atoms with Crippen molar-refractivity contribution >= 4 is 22.6 Å². The van der Waals surface area contributed by atoms with E-state index in [-0.39, 0.29) is 12.3 Å². The lowest BCUT2D eigenvalue weighted by Crippen LogP contribution is -2.20. The van der Waals surface area contributed by atoms with Crippen LogP contribution < -0.4 is 10.2 Å². The van der Waals surface area contributed by atoms with Crippen LogP contribution in [0, 0.1) is 18.6 Å². The molecule has 4 nitrogen and oxygen atoms in total. The zero-order valence-corrected chi connectivity index (χ0v) is 18.9. The molecule has 0 spiro atoms. The number of hydrogen-bond donors (Lipinski definition) is 2. The number of nitrogens with zero attached hydrogens (tertiary/aromatic N) is 1. The van der Waals surface area contributed by atoms with Gasteiger partial charge in [-0.25, -0.2) is 8.78 Å². The summed E-state index contributed by atoms with van der Waals surface area (Å²) in [5, 5.41) is 12.1. The summed E-state index contributed by atoms with van der Waals surface area (Å²) in [6, 6.07) is 7.70. The second-order valence-corrected chi connectivity index (χ2v) is 7.01. The number of fused-ring (bicyclic) bond motifs is 1. The van der Waals surface area contributed by atoms with Crippen LogP contribution in [0.25, 0.3) is 5.57 Å². The Morgan fingerprint density at radius 2 is 1.87 bits per heavy atom. The maximum Gasteiger partial charge on any atom is 0.146 e. The molecule has 0 atom stereocenters. The SMILES string of the molecule is CC.CC/C=C1/C(OCCCO)=CN(C)c2cc(F)cc(Nc3ccc(C)cc3F)c21. The molecule has 0 aliphatic carbocycles. The van der Waals surface area contributed by atoms with E-state index in [1.54, 1.807) is 23.2 Å². The number of halogens is 2. The Morgan fingerprint density at radius 3 is 2.52 bits per heavy atom. The van der Waals surface area contributed by atoms with Crippen molar-refractivity contribution in [3.63, 3.8) is 0 Å². The molecule has 0 aromatic heterocycles. The number of benzene rings is 2. The molecule has 0 saturated carbocycles. The summed E-state index contributed by atoms with van der Waals surface area (Å²) in [6.45, 7) is 8.22. The standard InChI is InChI=1S/C23H26F2N2O2.C2H6/c1-4-6-17-22(29-10-5-9-28)14-27(3)21-13-16(24)12-20(23(17)21)26-19-8-7-15(2)11-18(19)25;1-2/h6-8,11-14,26,28H,4-5,9-10H2,1-3H3;1-2H3/b17-6-;. The van der Waals surface area contributed by atoms with E-state index < -0.39 is 11.6 Å². The molecule has 0 saturated heterocycles. The number of aryl methyl sites for hydroxylation is 1. The highest BCUT2D eigenvalue weighted by atomic mass is 19.1. The Kier molecular flexibility index (Phi) is 9.06. The monoisotopic (exact) mass is 430 g/mol. The number of rotatable bonds is 7. The van der Waals surface area contributed by atoms with E-state index >= 15 is 0 Å². The molecule has 0 amide bonds. The molecule has 2 aromatic carbocycles. The summed E-state index contributed by atoms with van der Waals surface area (Å²) in [6.07, 6.45) is 5.06. The van der Waals surface area contributed by atoms with Gasteiger partial charge in [0.1, 0.15) is 17.4 Å². The highest BCUT2D eigenvalue weighted by Gasteiger charge is 2.26. The molecule has 1 aliphatic rings. The van der Waals surface area contributed by atoms with E-state index in [0.29, 0.717) is 30.2 Å². The van der Waals surface area contributed by atoms with E-state index in [1.807, 2.05) is 40.8 Å². The molecule has 31 heavy (non-hydrogen) atoms. The average molecular weight is 431 g/mol. The van der Waals surface area contributed by atoms with Gasteiger partial charge in [-0.05, 0) is 43.2 Å². The molecule has 2 aromatic rings. The largest absolute Gasteiger partial charge is 0.491 e. The Hall–Kier alpha value is -2.86. The van der Waals surface area contributed by atoms with Crippen molar-refractivity contribution in [1.29, 1.82) is 0 Å². The lowest BCUT2D eigenvalue weighted by atomic mass is 9.95. The van der Waals surface area contributed by atoms with Gasteiger partial charge in [-0.2, -0.15) is 0 Å². The van der Waals surface area contributed by atoms with Crippen LogP contribution >= 0.6 is 0 Å². The van der Waals surface area contributed by atoms with Gasteiger partial charge in [-0.1, -0.05) is 32.9 Å². The van der Waals surface area contributed by atoms with Crippen molar-refractivity contribution in [3.05, 3.63) is 71.1 Å². The van der Waals surface area contributed by atoms with Crippen molar-refractivity contribution in [3.8, 4) is 0 Å². The normalized spacial score (nSPS) is 13.9. The molecular weight excluding hydrogens is 398 g/mol. The minimum Gasteiger partial charge on any atom is -0.491 e. The number of aliphatic hydroxyl groups is 1. The maximum atomic E-state index is 14.4. The molecular formula is C25H32F2N2O2. The van der Waals surface area contributed by atoms with Gasteiger partial charge in [0.05, 0.1) is 23.7 Å². The van der Waals surface area contributed by atoms with Crippen LogP contribution in [0.3, 0.4) is 0 Å². The van der Waals surface area contributed by atoms with E-state index in [1.165, 1.54) is 18.2 Å². The third kappa shape index (κ3) is 5.85. The van der Waals surface area contributed by atoms with Crippen LogP contribution in [0.15, 0.2) is 48.4 Å². The zero-order valence-electron chi connectivity index (χ0n) is 18.9. The van der Waals surface area contributed by atoms with Crippen molar-refractivity contribution in [1.82, 2.24) is 0 Å². The fourth-order valence-corrected chi connectivity index (χ4v) is 3.33. The molecule has 1 heterocycles. The smallest absolute Gasteiger partial charge is 0.146 e. The van der Waals surface area contributed by atoms with Gasteiger partial charge < -0.3 is 20.1 Å². The number of ether oxygens (including phenoxy) is 1. The van der Waals surface area contributed by atoms with E-state index in [0.717, 1.165) is 23.1 Å². The van der Waals surface area contributed by atoms with Crippen LogP contribution in [0.1, 0.15) is 44.7 Å². The summed E-state index contributed by atoms with van der Waals surface area (Å²) in [7, 11) is 1.81. The fraction of sp³-hybridized carbons (Fsp3) is 0.360. The first kappa shape index (κ1) is 24.4. The van der Waals surface area contributed by atoms with Crippen LogP contribution in [0.4, 0.5) is 25.8 Å². The predicted molar refractivity (Wildman–Crippen MR) is 125 cm³/mol. The summed E-state index contributed by atoms with van der Waals surface area (Å²) in [5.74, 6) is -0.183. The van der Waals surface area contributed by atoms with Crippen LogP contribution in [0.5, 0.6) is 0 Å². The highest BCUT2D eigenvalue weighted by molar-refractivity contribution is 5.95. The lowest BCUT2D eigenvalue weighted by Gasteiger charge is -2.30. The van der Waals surface area contributed by atoms with E-state index in [2.05, 4.69) is 5.32 Å². The molecule has 0 unspecified atom stereocenters. The van der Waals surface area contributed by atoms with E-state index in [4.69, 9.17) is 9.84 Å². The van der Waals surface area contributed by atoms with Gasteiger partial charge >= 0.3 is 0 Å². The molecule has 3 rings (SSSR count). The molecule has 2 N–H and O–H groups in total. The third-order valence-corrected chi connectivity index (χ3v) is 4.67. The van der Waals surface area contributed by atoms with Gasteiger partial charge in [-0.15, -0.1) is 0 Å². The first-order valence-corrected chi connectivity index (χ1v) is 10.7. The van der Waals surface area contributed by atoms with Crippen molar-refractivity contribution in [2.45, 2.75) is 40.5 Å². The fourth-order valence-electron chi connectivity index (χ4n) is 3.33. The maximum absolute atomic E-state index is 14.4. The number of allylic oxidation sites excluding steroid dienone is 2. The van der Waals surface area contributed by atoms with Gasteiger partial charge in [0, 0.05) is 37.4 Å². The molecule has 0 bridgehead atoms. The average Bonchev–Trinajstić information content (AvgIpc) is 2.74. The topological polar surface area (TPSA) is 44.7 Å². The second kappa shape index (κ2) is 11.5. The van der Waals surface area contributed by atoms with Crippen molar-refractivity contribution in [2.24, 2.45) is 0 Å².